The van der Waals surface area contributed by atoms with Crippen LogP contribution in [-0.2, 0) is 14.2 Å². The maximum Gasteiger partial charge on any atom is 0.345 e. The van der Waals surface area contributed by atoms with E-state index in [4.69, 9.17) is 20.9 Å². The van der Waals surface area contributed by atoms with Crippen molar-refractivity contribution in [2.24, 2.45) is 5.73 Å². The molecule has 10 heteroatoms. The normalized spacial score (nSPS) is 10.7. The van der Waals surface area contributed by atoms with Gasteiger partial charge in [-0.05, 0) is 0 Å². The highest BCUT2D eigenvalue weighted by atomic mass is 31.2. The summed E-state index contributed by atoms with van der Waals surface area (Å²) in [4.78, 5) is 31.6. The van der Waals surface area contributed by atoms with Crippen LogP contribution in [0.5, 0.6) is 0 Å². The zero-order valence-corrected chi connectivity index (χ0v) is 7.95. The second kappa shape index (κ2) is 5.55. The first-order chi connectivity index (χ1) is 6.31. The van der Waals surface area contributed by atoms with Gasteiger partial charge in [-0.3, -0.25) is 15.3 Å². The van der Waals surface area contributed by atoms with Crippen molar-refractivity contribution in [1.82, 2.24) is 10.8 Å². The Balaban J connectivity index is 3.55. The highest BCUT2D eigenvalue weighted by Crippen LogP contribution is 2.31. The highest BCUT2D eigenvalue weighted by Gasteiger charge is 2.13. The van der Waals surface area contributed by atoms with Crippen LogP contribution in [0.15, 0.2) is 0 Å². The fraction of sp³-hybridized carbons (Fsp3) is 0.500. The van der Waals surface area contributed by atoms with E-state index in [9.17, 15) is 9.36 Å². The van der Waals surface area contributed by atoms with Gasteiger partial charge >= 0.3 is 13.6 Å². The van der Waals surface area contributed by atoms with Gasteiger partial charge in [0.05, 0.1) is 12.8 Å². The minimum absolute atomic E-state index is 0.397. The molecule has 9 nitrogen and oxygen atoms in total. The average Bonchev–Trinajstić information content (AvgIpc) is 1.98. The van der Waals surface area contributed by atoms with Crippen LogP contribution < -0.4 is 16.5 Å². The Labute approximate surface area is 79.2 Å². The molecule has 0 aliphatic carbocycles. The smallest absolute Gasteiger partial charge is 0.345 e. The Morgan fingerprint density at radius 2 is 2.14 bits per heavy atom. The van der Waals surface area contributed by atoms with Gasteiger partial charge in [-0.15, -0.1) is 0 Å². The summed E-state index contributed by atoms with van der Waals surface area (Å²) in [5.41, 5.74) is 6.56. The zero-order valence-electron chi connectivity index (χ0n) is 7.06. The van der Waals surface area contributed by atoms with Crippen molar-refractivity contribution in [2.45, 2.75) is 0 Å². The van der Waals surface area contributed by atoms with Gasteiger partial charge in [-0.1, -0.05) is 0 Å². The minimum Gasteiger partial charge on any atom is -0.368 e. The molecule has 0 aromatic rings. The summed E-state index contributed by atoms with van der Waals surface area (Å²) in [6, 6.07) is 0. The molecule has 82 valence electrons. The lowest BCUT2D eigenvalue weighted by molar-refractivity contribution is -0.146. The molecule has 0 aromatic heterocycles. The number of hydrogen-bond acceptors (Lipinski definition) is 5. The summed E-state index contributed by atoms with van der Waals surface area (Å²) in [7, 11) is -4.17. The third kappa shape index (κ3) is 8.94. The number of guanidine groups is 1. The maximum atomic E-state index is 10.7. The first kappa shape index (κ1) is 12.8. The lowest BCUT2D eigenvalue weighted by Crippen LogP contribution is -2.36. The van der Waals surface area contributed by atoms with E-state index in [2.05, 4.69) is 10.2 Å². The second-order valence-corrected chi connectivity index (χ2v) is 3.88. The molecule has 7 N–H and O–H groups in total. The zero-order chi connectivity index (χ0) is 11.2. The van der Waals surface area contributed by atoms with Crippen LogP contribution in [0.25, 0.3) is 0 Å². The van der Waals surface area contributed by atoms with Gasteiger partial charge in [-0.2, -0.15) is 5.48 Å². The molecule has 14 heavy (non-hydrogen) atoms. The number of carbonyl (C=O) groups is 1. The quantitative estimate of drug-likeness (QED) is 0.134. The van der Waals surface area contributed by atoms with E-state index < -0.39 is 32.4 Å². The third-order valence-corrected chi connectivity index (χ3v) is 1.50. The van der Waals surface area contributed by atoms with E-state index in [0.29, 0.717) is 0 Å². The molecule has 0 saturated heterocycles. The molecule has 0 aliphatic rings. The van der Waals surface area contributed by atoms with E-state index in [1.807, 2.05) is 0 Å². The molecule has 0 aliphatic heterocycles. The number of rotatable bonds is 4. The Bertz CT molecular complexity index is 262. The van der Waals surface area contributed by atoms with Crippen LogP contribution in [0.1, 0.15) is 0 Å². The lowest BCUT2D eigenvalue weighted by Gasteiger charge is -2.06. The van der Waals surface area contributed by atoms with Crippen LogP contribution in [0.2, 0.25) is 0 Å². The van der Waals surface area contributed by atoms with Crippen LogP contribution in [-0.4, -0.2) is 34.5 Å². The standard InChI is InChI=1S/C4H11N4O5P/c5-4(6)8-13-3(9)1-7-2-14(10,11)12/h7H,1-2H2,(H4,5,6,8)(H2,10,11,12). The van der Waals surface area contributed by atoms with Crippen LogP contribution >= 0.6 is 7.60 Å². The largest absolute Gasteiger partial charge is 0.368 e. The van der Waals surface area contributed by atoms with Crippen molar-refractivity contribution >= 4 is 19.5 Å². The van der Waals surface area contributed by atoms with Gasteiger partial charge in [0.25, 0.3) is 0 Å². The van der Waals surface area contributed by atoms with Crippen molar-refractivity contribution < 1.29 is 24.0 Å². The van der Waals surface area contributed by atoms with E-state index in [-0.39, 0.29) is 0 Å². The van der Waals surface area contributed by atoms with Gasteiger partial charge in [0.1, 0.15) is 0 Å². The summed E-state index contributed by atoms with van der Waals surface area (Å²) < 4.78 is 10.3. The number of nitrogens with one attached hydrogen (secondary N) is 3. The monoisotopic (exact) mass is 226 g/mol. The van der Waals surface area contributed by atoms with Gasteiger partial charge in [-0.25, -0.2) is 4.79 Å². The highest BCUT2D eigenvalue weighted by molar-refractivity contribution is 7.51. The first-order valence-electron chi connectivity index (χ1n) is 3.36. The van der Waals surface area contributed by atoms with Gasteiger partial charge in [0.2, 0.25) is 5.96 Å². The Kier molecular flexibility index (Phi) is 5.10. The molecule has 0 rings (SSSR count). The van der Waals surface area contributed by atoms with Crippen LogP contribution in [0.4, 0.5) is 0 Å². The Morgan fingerprint density at radius 3 is 2.57 bits per heavy atom. The molecule has 0 unspecified atom stereocenters. The maximum absolute atomic E-state index is 10.7. The van der Waals surface area contributed by atoms with Gasteiger partial charge in [0.15, 0.2) is 0 Å². The number of hydrogen-bond donors (Lipinski definition) is 6. The molecule has 0 amide bonds. The lowest BCUT2D eigenvalue weighted by atomic mass is 10.7. The Morgan fingerprint density at radius 1 is 1.57 bits per heavy atom. The van der Waals surface area contributed by atoms with Crippen molar-refractivity contribution in [3.8, 4) is 0 Å². The number of carbonyl (C=O) groups excluding carboxylic acids is 1. The number of nitrogens with two attached hydrogens (primary N) is 1. The molecule has 0 heterocycles. The molecule has 0 saturated carbocycles. The van der Waals surface area contributed by atoms with E-state index in [0.717, 1.165) is 0 Å². The fourth-order valence-corrected chi connectivity index (χ4v) is 0.855. The van der Waals surface area contributed by atoms with E-state index >= 15 is 0 Å². The average molecular weight is 226 g/mol. The third-order valence-electron chi connectivity index (χ3n) is 0.862. The molecule has 0 spiro atoms. The summed E-state index contributed by atoms with van der Waals surface area (Å²) in [6.45, 7) is -0.397. The topological polar surface area (TPSA) is 158 Å². The summed E-state index contributed by atoms with van der Waals surface area (Å²) >= 11 is 0. The molecule has 0 bridgehead atoms. The van der Waals surface area contributed by atoms with Gasteiger partial charge < -0.3 is 20.4 Å². The Hall–Kier alpha value is -1.15. The summed E-state index contributed by atoms with van der Waals surface area (Å²) in [5, 5.41) is 8.77. The first-order valence-corrected chi connectivity index (χ1v) is 5.16. The van der Waals surface area contributed by atoms with Crippen molar-refractivity contribution in [2.75, 3.05) is 12.8 Å². The number of hydroxylamine groups is 1. The van der Waals surface area contributed by atoms with Crippen molar-refractivity contribution in [1.29, 1.82) is 5.41 Å². The van der Waals surface area contributed by atoms with Crippen LogP contribution in [0, 0.1) is 5.41 Å². The molecule has 0 radical (unpaired) electrons. The van der Waals surface area contributed by atoms with Crippen molar-refractivity contribution in [3.63, 3.8) is 0 Å². The molecular weight excluding hydrogens is 215 g/mol. The van der Waals surface area contributed by atoms with Gasteiger partial charge in [0, 0.05) is 0 Å². The van der Waals surface area contributed by atoms with E-state index in [1.54, 1.807) is 5.48 Å². The predicted molar refractivity (Wildman–Crippen MR) is 46.1 cm³/mol. The predicted octanol–water partition coefficient (Wildman–Crippen LogP) is -2.35. The SMILES string of the molecule is N=C(N)NOC(=O)CNCP(=O)(O)O. The molecular formula is C4H11N4O5P. The summed E-state index contributed by atoms with van der Waals surface area (Å²) in [6.07, 6.45) is -0.623. The molecule has 0 atom stereocenters. The summed E-state index contributed by atoms with van der Waals surface area (Å²) in [5.74, 6) is -1.39. The van der Waals surface area contributed by atoms with Crippen molar-refractivity contribution in [3.05, 3.63) is 0 Å². The minimum atomic E-state index is -4.17. The second-order valence-electron chi connectivity index (χ2n) is 2.24. The fourth-order valence-electron chi connectivity index (χ4n) is 0.452. The molecule has 0 aromatic carbocycles. The molecule has 0 fully saturated rings. The van der Waals surface area contributed by atoms with E-state index in [1.165, 1.54) is 0 Å². The van der Waals surface area contributed by atoms with Crippen LogP contribution in [0.3, 0.4) is 0 Å².